The van der Waals surface area contributed by atoms with Crippen molar-refractivity contribution in [2.75, 3.05) is 19.7 Å². The molecule has 2 aromatic heterocycles. The summed E-state index contributed by atoms with van der Waals surface area (Å²) in [5.41, 5.74) is 2.37. The first-order valence-corrected chi connectivity index (χ1v) is 12.9. The SMILES string of the molecule is O=C(NC1CCC2CN(C(=O)c3ccc4c(c3)CCCO4)CCC2C1)c1ccc2ccc(=O)[nH]c2n1. The van der Waals surface area contributed by atoms with Crippen LogP contribution in [-0.2, 0) is 6.42 Å². The number of likely N-dealkylation sites (tertiary alicyclic amines) is 1. The summed E-state index contributed by atoms with van der Waals surface area (Å²) in [6.07, 6.45) is 5.68. The molecule has 8 nitrogen and oxygen atoms in total. The highest BCUT2D eigenvalue weighted by Gasteiger charge is 2.37. The molecule has 2 fully saturated rings. The second kappa shape index (κ2) is 9.41. The first-order valence-electron chi connectivity index (χ1n) is 12.9. The Kier molecular flexibility index (Phi) is 5.95. The Morgan fingerprint density at radius 2 is 1.94 bits per heavy atom. The lowest BCUT2D eigenvalue weighted by molar-refractivity contribution is 0.0478. The molecule has 3 aromatic rings. The standard InChI is InChI=1S/C28H30N4O4/c33-25-10-6-17-4-8-23(30-26(17)31-25)27(34)29-22-7-3-21-16-32(12-11-18(21)15-22)28(35)20-5-9-24-19(14-20)2-1-13-36-24/h4-6,8-10,14,18,21-22H,1-3,7,11-13,15-16H2,(H,29,34)(H,30,31,33). The molecule has 2 N–H and O–H groups in total. The van der Waals surface area contributed by atoms with Gasteiger partial charge < -0.3 is 19.9 Å². The largest absolute Gasteiger partial charge is 0.493 e. The van der Waals surface area contributed by atoms with Gasteiger partial charge in [0.1, 0.15) is 17.1 Å². The maximum atomic E-state index is 13.2. The molecule has 0 radical (unpaired) electrons. The molecule has 186 valence electrons. The molecule has 3 aliphatic rings. The van der Waals surface area contributed by atoms with Crippen LogP contribution < -0.4 is 15.6 Å². The van der Waals surface area contributed by atoms with E-state index in [0.29, 0.717) is 23.2 Å². The summed E-state index contributed by atoms with van der Waals surface area (Å²) in [7, 11) is 0. The number of piperidine rings is 1. The van der Waals surface area contributed by atoms with Gasteiger partial charge in [0.05, 0.1) is 6.61 Å². The number of aromatic amines is 1. The van der Waals surface area contributed by atoms with Crippen molar-refractivity contribution in [2.45, 2.75) is 44.6 Å². The van der Waals surface area contributed by atoms with Crippen LogP contribution in [0.1, 0.15) is 58.5 Å². The van der Waals surface area contributed by atoms with E-state index < -0.39 is 0 Å². The number of carbonyl (C=O) groups is 2. The van der Waals surface area contributed by atoms with Gasteiger partial charge in [0.15, 0.2) is 0 Å². The summed E-state index contributed by atoms with van der Waals surface area (Å²) in [4.78, 5) is 46.7. The highest BCUT2D eigenvalue weighted by molar-refractivity contribution is 5.95. The van der Waals surface area contributed by atoms with E-state index in [1.165, 1.54) is 6.07 Å². The molecule has 3 unspecified atom stereocenters. The smallest absolute Gasteiger partial charge is 0.270 e. The van der Waals surface area contributed by atoms with Gasteiger partial charge in [0, 0.05) is 36.1 Å². The van der Waals surface area contributed by atoms with Crippen LogP contribution in [0.3, 0.4) is 0 Å². The zero-order valence-corrected chi connectivity index (χ0v) is 20.2. The number of benzene rings is 1. The van der Waals surface area contributed by atoms with Gasteiger partial charge in [0.25, 0.3) is 11.8 Å². The van der Waals surface area contributed by atoms with Gasteiger partial charge in [-0.05, 0) is 92.3 Å². The molecule has 6 rings (SSSR count). The van der Waals surface area contributed by atoms with Gasteiger partial charge >= 0.3 is 0 Å². The summed E-state index contributed by atoms with van der Waals surface area (Å²) in [6.45, 7) is 2.27. The Labute approximate surface area is 209 Å². The van der Waals surface area contributed by atoms with E-state index >= 15 is 0 Å². The molecular formula is C28H30N4O4. The number of hydrogen-bond acceptors (Lipinski definition) is 5. The molecule has 1 saturated heterocycles. The molecule has 0 bridgehead atoms. The van der Waals surface area contributed by atoms with Gasteiger partial charge in [-0.25, -0.2) is 4.98 Å². The maximum absolute atomic E-state index is 13.2. The lowest BCUT2D eigenvalue weighted by atomic mass is 9.73. The fraction of sp³-hybridized carbons (Fsp3) is 0.429. The average Bonchev–Trinajstić information content (AvgIpc) is 2.91. The number of amides is 2. The summed E-state index contributed by atoms with van der Waals surface area (Å²) in [6, 6.07) is 12.6. The third kappa shape index (κ3) is 4.47. The van der Waals surface area contributed by atoms with E-state index in [1.54, 1.807) is 18.2 Å². The van der Waals surface area contributed by atoms with Crippen LogP contribution >= 0.6 is 0 Å². The fourth-order valence-electron chi connectivity index (χ4n) is 6.02. The Morgan fingerprint density at radius 1 is 1.06 bits per heavy atom. The zero-order valence-electron chi connectivity index (χ0n) is 20.2. The molecule has 0 spiro atoms. The van der Waals surface area contributed by atoms with Crippen LogP contribution in [0.4, 0.5) is 0 Å². The van der Waals surface area contributed by atoms with Crippen LogP contribution in [0.25, 0.3) is 11.0 Å². The van der Waals surface area contributed by atoms with E-state index in [1.807, 2.05) is 23.1 Å². The van der Waals surface area contributed by atoms with Gasteiger partial charge in [0.2, 0.25) is 5.56 Å². The van der Waals surface area contributed by atoms with Crippen LogP contribution in [0.15, 0.2) is 47.3 Å². The lowest BCUT2D eigenvalue weighted by Gasteiger charge is -2.43. The molecule has 3 atom stereocenters. The van der Waals surface area contributed by atoms with Crippen molar-refractivity contribution in [3.63, 3.8) is 0 Å². The Morgan fingerprint density at radius 3 is 2.86 bits per heavy atom. The molecule has 1 saturated carbocycles. The molecule has 2 aliphatic heterocycles. The van der Waals surface area contributed by atoms with Crippen LogP contribution in [0, 0.1) is 11.8 Å². The predicted molar refractivity (Wildman–Crippen MR) is 135 cm³/mol. The van der Waals surface area contributed by atoms with Gasteiger partial charge in [-0.1, -0.05) is 0 Å². The van der Waals surface area contributed by atoms with Gasteiger partial charge in [-0.2, -0.15) is 0 Å². The minimum atomic E-state index is -0.239. The first kappa shape index (κ1) is 22.8. The molecule has 36 heavy (non-hydrogen) atoms. The summed E-state index contributed by atoms with van der Waals surface area (Å²) < 4.78 is 5.69. The number of fused-ring (bicyclic) bond motifs is 3. The lowest BCUT2D eigenvalue weighted by Crippen LogP contribution is -2.49. The second-order valence-corrected chi connectivity index (χ2v) is 10.3. The van der Waals surface area contributed by atoms with Gasteiger partial charge in [-0.15, -0.1) is 0 Å². The van der Waals surface area contributed by atoms with E-state index in [2.05, 4.69) is 15.3 Å². The number of nitrogens with zero attached hydrogens (tertiary/aromatic N) is 2. The number of hydrogen-bond donors (Lipinski definition) is 2. The molecule has 4 heterocycles. The van der Waals surface area contributed by atoms with E-state index in [-0.39, 0.29) is 23.4 Å². The monoisotopic (exact) mass is 486 g/mol. The van der Waals surface area contributed by atoms with Crippen molar-refractivity contribution in [2.24, 2.45) is 11.8 Å². The highest BCUT2D eigenvalue weighted by Crippen LogP contribution is 2.37. The number of rotatable bonds is 3. The number of H-pyrrole nitrogens is 1. The zero-order chi connectivity index (χ0) is 24.6. The van der Waals surface area contributed by atoms with Crippen LogP contribution in [0.5, 0.6) is 5.75 Å². The van der Waals surface area contributed by atoms with Gasteiger partial charge in [-0.3, -0.25) is 14.4 Å². The molecular weight excluding hydrogens is 456 g/mol. The number of aryl methyl sites for hydroxylation is 1. The Bertz CT molecular complexity index is 1380. The first-order chi connectivity index (χ1) is 17.5. The van der Waals surface area contributed by atoms with Crippen LogP contribution in [0.2, 0.25) is 0 Å². The number of ether oxygens (including phenoxy) is 1. The second-order valence-electron chi connectivity index (χ2n) is 10.3. The molecule has 1 aromatic carbocycles. The molecule has 2 amide bonds. The van der Waals surface area contributed by atoms with E-state index in [4.69, 9.17) is 4.74 Å². The number of aromatic nitrogens is 2. The molecule has 1 aliphatic carbocycles. The normalized spacial score (nSPS) is 23.3. The van der Waals surface area contributed by atoms with Crippen LogP contribution in [-0.4, -0.2) is 52.4 Å². The predicted octanol–water partition coefficient (Wildman–Crippen LogP) is 3.31. The fourth-order valence-corrected chi connectivity index (χ4v) is 6.02. The number of pyridine rings is 2. The Balaban J connectivity index is 1.06. The van der Waals surface area contributed by atoms with E-state index in [0.717, 1.165) is 80.5 Å². The minimum Gasteiger partial charge on any atom is -0.493 e. The summed E-state index contributed by atoms with van der Waals surface area (Å²) in [5, 5.41) is 3.94. The van der Waals surface area contributed by atoms with Crippen molar-refractivity contribution in [3.05, 3.63) is 69.6 Å². The third-order valence-corrected chi connectivity index (χ3v) is 7.96. The van der Waals surface area contributed by atoms with Crippen molar-refractivity contribution in [1.82, 2.24) is 20.2 Å². The quantitative estimate of drug-likeness (QED) is 0.591. The Hall–Kier alpha value is -3.68. The van der Waals surface area contributed by atoms with Crippen molar-refractivity contribution >= 4 is 22.8 Å². The molecule has 8 heteroatoms. The van der Waals surface area contributed by atoms with E-state index in [9.17, 15) is 14.4 Å². The van der Waals surface area contributed by atoms with Crippen molar-refractivity contribution in [1.29, 1.82) is 0 Å². The summed E-state index contributed by atoms with van der Waals surface area (Å²) in [5.74, 6) is 1.75. The topological polar surface area (TPSA) is 104 Å². The number of carbonyl (C=O) groups excluding carboxylic acids is 2. The highest BCUT2D eigenvalue weighted by atomic mass is 16.5. The summed E-state index contributed by atoms with van der Waals surface area (Å²) >= 11 is 0. The third-order valence-electron chi connectivity index (χ3n) is 7.96. The average molecular weight is 487 g/mol. The van der Waals surface area contributed by atoms with Crippen molar-refractivity contribution in [3.8, 4) is 5.75 Å². The minimum absolute atomic E-state index is 0.0916. The van der Waals surface area contributed by atoms with Crippen molar-refractivity contribution < 1.29 is 14.3 Å². The number of nitrogens with one attached hydrogen (secondary N) is 2. The maximum Gasteiger partial charge on any atom is 0.270 e.